The zero-order valence-corrected chi connectivity index (χ0v) is 22.7. The second-order valence-corrected chi connectivity index (χ2v) is 9.07. The number of rotatable bonds is 10. The number of benzene rings is 3. The molecule has 3 aromatic rings. The van der Waals surface area contributed by atoms with Crippen LogP contribution in [0.5, 0.6) is 17.2 Å². The number of nitrogens with zero attached hydrogens (tertiary/aromatic N) is 1. The fourth-order valence-corrected chi connectivity index (χ4v) is 4.22. The Morgan fingerprint density at radius 2 is 1.75 bits per heavy atom. The van der Waals surface area contributed by atoms with Crippen molar-refractivity contribution in [1.82, 2.24) is 0 Å². The van der Waals surface area contributed by atoms with Gasteiger partial charge in [0.25, 0.3) is 5.91 Å². The minimum absolute atomic E-state index is 0.0696. The maximum absolute atomic E-state index is 12.7. The quantitative estimate of drug-likeness (QED) is 0.194. The molecule has 0 heterocycles. The molecule has 0 radical (unpaired) electrons. The Morgan fingerprint density at radius 3 is 2.39 bits per heavy atom. The lowest BCUT2D eigenvalue weighted by molar-refractivity contribution is -0.112. The van der Waals surface area contributed by atoms with Gasteiger partial charge in [0, 0.05) is 21.3 Å². The average Bonchev–Trinajstić information content (AvgIpc) is 2.84. The van der Waals surface area contributed by atoms with Gasteiger partial charge in [-0.2, -0.15) is 5.26 Å². The Balaban J connectivity index is 1.81. The van der Waals surface area contributed by atoms with Crippen LogP contribution in [0, 0.1) is 11.3 Å². The zero-order chi connectivity index (χ0) is 26.1. The first-order chi connectivity index (χ1) is 17.3. The maximum atomic E-state index is 12.7. The molecule has 6 nitrogen and oxygen atoms in total. The highest BCUT2D eigenvalue weighted by Gasteiger charge is 2.15. The molecule has 0 fully saturated rings. The molecule has 1 N–H and O–H groups in total. The van der Waals surface area contributed by atoms with E-state index in [2.05, 4.69) is 21.2 Å². The van der Waals surface area contributed by atoms with Crippen molar-refractivity contribution in [2.75, 3.05) is 18.5 Å². The van der Waals surface area contributed by atoms with Crippen molar-refractivity contribution in [3.05, 3.63) is 85.8 Å². The van der Waals surface area contributed by atoms with E-state index in [0.717, 1.165) is 5.56 Å². The van der Waals surface area contributed by atoms with Crippen molar-refractivity contribution >= 4 is 56.8 Å². The number of nitriles is 1. The topological polar surface area (TPSA) is 80.6 Å². The third-order valence-electron chi connectivity index (χ3n) is 4.82. The Bertz CT molecular complexity index is 1300. The lowest BCUT2D eigenvalue weighted by Gasteiger charge is -2.15. The number of anilines is 1. The van der Waals surface area contributed by atoms with E-state index in [4.69, 9.17) is 37.4 Å². The zero-order valence-electron chi connectivity index (χ0n) is 19.6. The number of nitrogens with one attached hydrogen (secondary N) is 1. The third kappa shape index (κ3) is 7.41. The monoisotopic (exact) mass is 588 g/mol. The van der Waals surface area contributed by atoms with Crippen LogP contribution < -0.4 is 19.5 Å². The SMILES string of the molecule is CCOc1ccc(NC(=O)/C(C#N)=C\c2cc(Br)c(OCc3ccc(Cl)cc3Cl)c(OCC)c2)cc1. The minimum atomic E-state index is -0.534. The predicted molar refractivity (Wildman–Crippen MR) is 146 cm³/mol. The highest BCUT2D eigenvalue weighted by atomic mass is 79.9. The molecule has 9 heteroatoms. The van der Waals surface area contributed by atoms with Crippen molar-refractivity contribution < 1.29 is 19.0 Å². The third-order valence-corrected chi connectivity index (χ3v) is 5.99. The van der Waals surface area contributed by atoms with Crippen LogP contribution in [-0.4, -0.2) is 19.1 Å². The van der Waals surface area contributed by atoms with Crippen molar-refractivity contribution in [1.29, 1.82) is 5.26 Å². The lowest BCUT2D eigenvalue weighted by Crippen LogP contribution is -2.13. The lowest BCUT2D eigenvalue weighted by atomic mass is 10.1. The molecule has 0 aliphatic rings. The molecule has 0 saturated heterocycles. The number of carbonyl (C=O) groups excluding carboxylic acids is 1. The molecule has 186 valence electrons. The van der Waals surface area contributed by atoms with Crippen LogP contribution in [0.25, 0.3) is 6.08 Å². The van der Waals surface area contributed by atoms with Crippen LogP contribution in [0.4, 0.5) is 5.69 Å². The smallest absolute Gasteiger partial charge is 0.266 e. The fourth-order valence-electron chi connectivity index (χ4n) is 3.18. The van der Waals surface area contributed by atoms with Gasteiger partial charge >= 0.3 is 0 Å². The average molecular weight is 590 g/mol. The first-order valence-corrected chi connectivity index (χ1v) is 12.6. The summed E-state index contributed by atoms with van der Waals surface area (Å²) in [6.45, 7) is 4.87. The predicted octanol–water partition coefficient (Wildman–Crippen LogP) is 7.68. The summed E-state index contributed by atoms with van der Waals surface area (Å²) in [4.78, 5) is 12.7. The molecule has 1 amide bonds. The number of carbonyl (C=O) groups is 1. The first-order valence-electron chi connectivity index (χ1n) is 11.0. The summed E-state index contributed by atoms with van der Waals surface area (Å²) < 4.78 is 17.8. The normalized spacial score (nSPS) is 10.9. The van der Waals surface area contributed by atoms with Gasteiger partial charge in [-0.25, -0.2) is 0 Å². The second kappa shape index (κ2) is 13.2. The van der Waals surface area contributed by atoms with Crippen molar-refractivity contribution in [2.24, 2.45) is 0 Å². The highest BCUT2D eigenvalue weighted by molar-refractivity contribution is 9.10. The molecule has 0 bridgehead atoms. The minimum Gasteiger partial charge on any atom is -0.494 e. The summed E-state index contributed by atoms with van der Waals surface area (Å²) in [6, 6.07) is 17.5. The van der Waals surface area contributed by atoms with E-state index >= 15 is 0 Å². The van der Waals surface area contributed by atoms with E-state index in [1.54, 1.807) is 54.6 Å². The first kappa shape index (κ1) is 27.4. The van der Waals surface area contributed by atoms with E-state index in [0.29, 0.717) is 56.2 Å². The van der Waals surface area contributed by atoms with Crippen LogP contribution in [0.1, 0.15) is 25.0 Å². The molecule has 0 atom stereocenters. The summed E-state index contributed by atoms with van der Waals surface area (Å²) in [6.07, 6.45) is 1.48. The Kier molecular flexibility index (Phi) is 10.1. The molecular formula is C27H23BrCl2N2O4. The maximum Gasteiger partial charge on any atom is 0.266 e. The molecule has 3 rings (SSSR count). The number of hydrogen-bond donors (Lipinski definition) is 1. The standard InChI is InChI=1S/C27H23BrCl2N2O4/c1-3-34-22-9-7-21(8-10-22)32-27(33)19(15-31)11-17-12-23(28)26(25(13-17)35-4-2)36-16-18-5-6-20(29)14-24(18)30/h5-14H,3-4,16H2,1-2H3,(H,32,33)/b19-11-. The van der Waals surface area contributed by atoms with Gasteiger partial charge in [0.2, 0.25) is 0 Å². The largest absolute Gasteiger partial charge is 0.494 e. The van der Waals surface area contributed by atoms with Gasteiger partial charge in [-0.15, -0.1) is 0 Å². The van der Waals surface area contributed by atoms with Gasteiger partial charge in [0.1, 0.15) is 24.0 Å². The molecule has 0 spiro atoms. The number of halogens is 3. The molecule has 0 aliphatic carbocycles. The van der Waals surface area contributed by atoms with Gasteiger partial charge in [0.15, 0.2) is 11.5 Å². The van der Waals surface area contributed by atoms with Gasteiger partial charge in [0.05, 0.1) is 17.7 Å². The summed E-state index contributed by atoms with van der Waals surface area (Å²) in [7, 11) is 0. The Labute approximate surface area is 228 Å². The van der Waals surface area contributed by atoms with Crippen molar-refractivity contribution in [3.8, 4) is 23.3 Å². The summed E-state index contributed by atoms with van der Waals surface area (Å²) in [5, 5.41) is 13.4. The van der Waals surface area contributed by atoms with Gasteiger partial charge in [-0.1, -0.05) is 29.3 Å². The fraction of sp³-hybridized carbons (Fsp3) is 0.185. The molecular weight excluding hydrogens is 567 g/mol. The van der Waals surface area contributed by atoms with Gasteiger partial charge < -0.3 is 19.5 Å². The molecule has 0 aromatic heterocycles. The van der Waals surface area contributed by atoms with Crippen LogP contribution >= 0.6 is 39.1 Å². The van der Waals surface area contributed by atoms with E-state index in [9.17, 15) is 10.1 Å². The van der Waals surface area contributed by atoms with Crippen LogP contribution in [0.15, 0.2) is 64.6 Å². The Morgan fingerprint density at radius 1 is 1.03 bits per heavy atom. The van der Waals surface area contributed by atoms with E-state index in [1.807, 2.05) is 19.9 Å². The van der Waals surface area contributed by atoms with Crippen molar-refractivity contribution in [3.63, 3.8) is 0 Å². The van der Waals surface area contributed by atoms with E-state index in [-0.39, 0.29) is 12.2 Å². The van der Waals surface area contributed by atoms with E-state index in [1.165, 1.54) is 6.08 Å². The Hall–Kier alpha value is -3.18. The van der Waals surface area contributed by atoms with Gasteiger partial charge in [-0.3, -0.25) is 4.79 Å². The van der Waals surface area contributed by atoms with Crippen LogP contribution in [-0.2, 0) is 11.4 Å². The summed E-state index contributed by atoms with van der Waals surface area (Å²) in [5.74, 6) is 1.08. The van der Waals surface area contributed by atoms with Crippen molar-refractivity contribution in [2.45, 2.75) is 20.5 Å². The molecule has 3 aromatic carbocycles. The second-order valence-electron chi connectivity index (χ2n) is 7.37. The van der Waals surface area contributed by atoms with Gasteiger partial charge in [-0.05, 0) is 89.9 Å². The van der Waals surface area contributed by atoms with E-state index < -0.39 is 5.91 Å². The molecule has 0 unspecified atom stereocenters. The number of ether oxygens (including phenoxy) is 3. The molecule has 0 aliphatic heterocycles. The molecule has 0 saturated carbocycles. The number of amides is 1. The van der Waals surface area contributed by atoms with Crippen LogP contribution in [0.2, 0.25) is 10.0 Å². The molecule has 36 heavy (non-hydrogen) atoms. The number of hydrogen-bond acceptors (Lipinski definition) is 5. The van der Waals surface area contributed by atoms with Crippen LogP contribution in [0.3, 0.4) is 0 Å². The summed E-state index contributed by atoms with van der Waals surface area (Å²) in [5.41, 5.74) is 1.82. The highest BCUT2D eigenvalue weighted by Crippen LogP contribution is 2.38. The summed E-state index contributed by atoms with van der Waals surface area (Å²) >= 11 is 15.7.